The van der Waals surface area contributed by atoms with E-state index >= 15 is 0 Å². The van der Waals surface area contributed by atoms with Gasteiger partial charge in [0, 0.05) is 25.7 Å². The third-order valence-corrected chi connectivity index (χ3v) is 7.31. The van der Waals surface area contributed by atoms with Crippen LogP contribution in [0.5, 0.6) is 0 Å². The van der Waals surface area contributed by atoms with Gasteiger partial charge in [-0.15, -0.1) is 0 Å². The van der Waals surface area contributed by atoms with Crippen LogP contribution in [-0.2, 0) is 10.2 Å². The first-order valence-corrected chi connectivity index (χ1v) is 9.52. The normalized spacial score (nSPS) is 37.0. The molecule has 116 valence electrons. The second-order valence-corrected chi connectivity index (χ2v) is 8.33. The van der Waals surface area contributed by atoms with E-state index in [-0.39, 0.29) is 6.04 Å². The Morgan fingerprint density at radius 2 is 1.80 bits per heavy atom. The number of hydrogen-bond donors (Lipinski definition) is 1. The molecular weight excluding hydrogens is 274 g/mol. The van der Waals surface area contributed by atoms with Crippen LogP contribution >= 0.6 is 0 Å². The Morgan fingerprint density at radius 1 is 1.10 bits per heavy atom. The summed E-state index contributed by atoms with van der Waals surface area (Å²) >= 11 is 0. The SMILES string of the molecule is CCC1C2CNCC2CN1S(=O)(=O)N1CCCCCC1. The molecule has 3 unspecified atom stereocenters. The maximum absolute atomic E-state index is 13.0. The highest BCUT2D eigenvalue weighted by atomic mass is 32.2. The van der Waals surface area contributed by atoms with Crippen molar-refractivity contribution in [3.63, 3.8) is 0 Å². The van der Waals surface area contributed by atoms with Gasteiger partial charge < -0.3 is 5.32 Å². The number of hydrogen-bond acceptors (Lipinski definition) is 3. The van der Waals surface area contributed by atoms with E-state index in [1.165, 1.54) is 12.8 Å². The third kappa shape index (κ3) is 2.51. The van der Waals surface area contributed by atoms with E-state index in [2.05, 4.69) is 12.2 Å². The first-order chi connectivity index (χ1) is 9.64. The van der Waals surface area contributed by atoms with Crippen LogP contribution in [0.2, 0.25) is 0 Å². The van der Waals surface area contributed by atoms with Crippen molar-refractivity contribution >= 4 is 10.2 Å². The molecule has 20 heavy (non-hydrogen) atoms. The van der Waals surface area contributed by atoms with Gasteiger partial charge in [-0.2, -0.15) is 17.0 Å². The molecule has 3 fully saturated rings. The Balaban J connectivity index is 1.79. The van der Waals surface area contributed by atoms with E-state index in [0.29, 0.717) is 24.9 Å². The average Bonchev–Trinajstić information content (AvgIpc) is 2.88. The fourth-order valence-electron chi connectivity index (χ4n) is 4.18. The molecule has 3 saturated heterocycles. The maximum Gasteiger partial charge on any atom is 0.282 e. The van der Waals surface area contributed by atoms with Gasteiger partial charge in [-0.3, -0.25) is 0 Å². The molecule has 1 N–H and O–H groups in total. The van der Waals surface area contributed by atoms with Crippen LogP contribution in [0, 0.1) is 11.8 Å². The predicted octanol–water partition coefficient (Wildman–Crippen LogP) is 1.04. The van der Waals surface area contributed by atoms with E-state index < -0.39 is 10.2 Å². The van der Waals surface area contributed by atoms with E-state index in [1.807, 2.05) is 4.31 Å². The molecule has 0 bridgehead atoms. The lowest BCUT2D eigenvalue weighted by Gasteiger charge is -2.31. The van der Waals surface area contributed by atoms with Gasteiger partial charge in [-0.1, -0.05) is 19.8 Å². The molecule has 0 aromatic rings. The van der Waals surface area contributed by atoms with Gasteiger partial charge in [0.1, 0.15) is 0 Å². The summed E-state index contributed by atoms with van der Waals surface area (Å²) in [7, 11) is -3.25. The molecule has 0 aliphatic carbocycles. The molecule has 0 aromatic carbocycles. The van der Waals surface area contributed by atoms with Crippen LogP contribution < -0.4 is 5.32 Å². The average molecular weight is 301 g/mol. The summed E-state index contributed by atoms with van der Waals surface area (Å²) in [6.45, 7) is 6.22. The van der Waals surface area contributed by atoms with Gasteiger partial charge in [0.05, 0.1) is 0 Å². The number of nitrogens with zero attached hydrogens (tertiary/aromatic N) is 2. The molecule has 5 nitrogen and oxygen atoms in total. The second-order valence-electron chi connectivity index (χ2n) is 6.45. The standard InChI is InChI=1S/C14H27N3O2S/c1-2-14-13-10-15-9-12(13)11-17(14)20(18,19)16-7-5-3-4-6-8-16/h12-15H,2-11H2,1H3. The molecule has 6 heteroatoms. The van der Waals surface area contributed by atoms with Crippen molar-refractivity contribution in [2.24, 2.45) is 11.8 Å². The topological polar surface area (TPSA) is 52.7 Å². The largest absolute Gasteiger partial charge is 0.316 e. The van der Waals surface area contributed by atoms with Gasteiger partial charge in [0.15, 0.2) is 0 Å². The summed E-state index contributed by atoms with van der Waals surface area (Å²) in [5.74, 6) is 1.03. The minimum atomic E-state index is -3.25. The minimum Gasteiger partial charge on any atom is -0.316 e. The molecule has 0 aromatic heterocycles. The Kier molecular flexibility index (Phi) is 4.36. The Hall–Kier alpha value is -0.170. The zero-order chi connectivity index (χ0) is 14.2. The highest BCUT2D eigenvalue weighted by Crippen LogP contribution is 2.37. The van der Waals surface area contributed by atoms with Gasteiger partial charge in [-0.25, -0.2) is 0 Å². The van der Waals surface area contributed by atoms with Crippen LogP contribution in [0.1, 0.15) is 39.0 Å². The van der Waals surface area contributed by atoms with E-state index in [4.69, 9.17) is 0 Å². The lowest BCUT2D eigenvalue weighted by Crippen LogP contribution is -2.48. The van der Waals surface area contributed by atoms with Gasteiger partial charge in [0.25, 0.3) is 10.2 Å². The van der Waals surface area contributed by atoms with E-state index in [0.717, 1.165) is 38.9 Å². The van der Waals surface area contributed by atoms with Gasteiger partial charge in [0.2, 0.25) is 0 Å². The molecule has 3 atom stereocenters. The summed E-state index contributed by atoms with van der Waals surface area (Å²) in [4.78, 5) is 0. The molecular formula is C14H27N3O2S. The van der Waals surface area contributed by atoms with Crippen LogP contribution in [0.25, 0.3) is 0 Å². The fraction of sp³-hybridized carbons (Fsp3) is 1.00. The zero-order valence-electron chi connectivity index (χ0n) is 12.4. The molecule has 3 aliphatic heterocycles. The lowest BCUT2D eigenvalue weighted by molar-refractivity contribution is 0.295. The van der Waals surface area contributed by atoms with Crippen LogP contribution in [0.15, 0.2) is 0 Å². The Labute approximate surface area is 122 Å². The first kappa shape index (κ1) is 14.8. The zero-order valence-corrected chi connectivity index (χ0v) is 13.2. The van der Waals surface area contributed by atoms with Crippen molar-refractivity contribution in [2.75, 3.05) is 32.7 Å². The molecule has 0 saturated carbocycles. The van der Waals surface area contributed by atoms with Crippen molar-refractivity contribution < 1.29 is 8.42 Å². The molecule has 0 radical (unpaired) electrons. The summed E-state index contributed by atoms with van der Waals surface area (Å²) in [5, 5.41) is 3.42. The Morgan fingerprint density at radius 3 is 2.45 bits per heavy atom. The number of fused-ring (bicyclic) bond motifs is 1. The fourth-order valence-corrected chi connectivity index (χ4v) is 6.22. The monoisotopic (exact) mass is 301 g/mol. The highest BCUT2D eigenvalue weighted by Gasteiger charge is 2.49. The third-order valence-electron chi connectivity index (χ3n) is 5.28. The number of nitrogens with one attached hydrogen (secondary N) is 1. The lowest BCUT2D eigenvalue weighted by atomic mass is 9.93. The molecule has 3 rings (SSSR count). The van der Waals surface area contributed by atoms with E-state index in [1.54, 1.807) is 4.31 Å². The summed E-state index contributed by atoms with van der Waals surface area (Å²) in [6, 6.07) is 0.197. The predicted molar refractivity (Wildman–Crippen MR) is 79.6 cm³/mol. The molecule has 0 spiro atoms. The number of rotatable bonds is 3. The summed E-state index contributed by atoms with van der Waals surface area (Å²) in [6.07, 6.45) is 5.28. The van der Waals surface area contributed by atoms with Crippen molar-refractivity contribution in [3.05, 3.63) is 0 Å². The van der Waals surface area contributed by atoms with Crippen LogP contribution in [-0.4, -0.2) is 55.8 Å². The first-order valence-electron chi connectivity index (χ1n) is 8.12. The van der Waals surface area contributed by atoms with Gasteiger partial charge >= 0.3 is 0 Å². The van der Waals surface area contributed by atoms with Crippen LogP contribution in [0.3, 0.4) is 0 Å². The molecule has 0 amide bonds. The minimum absolute atomic E-state index is 0.197. The smallest absolute Gasteiger partial charge is 0.282 e. The molecule has 3 heterocycles. The van der Waals surface area contributed by atoms with E-state index in [9.17, 15) is 8.42 Å². The Bertz CT molecular complexity index is 432. The highest BCUT2D eigenvalue weighted by molar-refractivity contribution is 7.86. The molecule has 3 aliphatic rings. The van der Waals surface area contributed by atoms with Gasteiger partial charge in [-0.05, 0) is 44.2 Å². The summed E-state index contributed by atoms with van der Waals surface area (Å²) in [5.41, 5.74) is 0. The second kappa shape index (κ2) is 5.91. The van der Waals surface area contributed by atoms with Crippen molar-refractivity contribution in [3.8, 4) is 0 Å². The van der Waals surface area contributed by atoms with Crippen molar-refractivity contribution in [2.45, 2.75) is 45.1 Å². The summed E-state index contributed by atoms with van der Waals surface area (Å²) < 4.78 is 29.5. The van der Waals surface area contributed by atoms with Crippen molar-refractivity contribution in [1.82, 2.24) is 13.9 Å². The quantitative estimate of drug-likeness (QED) is 0.847. The maximum atomic E-state index is 13.0. The van der Waals surface area contributed by atoms with Crippen LogP contribution in [0.4, 0.5) is 0 Å². The van der Waals surface area contributed by atoms with Crippen molar-refractivity contribution in [1.29, 1.82) is 0 Å².